The van der Waals surface area contributed by atoms with Crippen molar-refractivity contribution in [1.82, 2.24) is 9.80 Å². The lowest BCUT2D eigenvalue weighted by Crippen LogP contribution is -2.49. The number of methoxy groups -OCH3 is 1. The number of carbonyl (C=O) groups is 4. The third-order valence-electron chi connectivity index (χ3n) is 7.59. The number of aliphatic carboxylic acids is 1. The maximum absolute atomic E-state index is 12.3. The molecule has 250 valence electrons. The van der Waals surface area contributed by atoms with Crippen molar-refractivity contribution in [2.24, 2.45) is 11.8 Å². The van der Waals surface area contributed by atoms with E-state index in [0.29, 0.717) is 35.9 Å². The lowest BCUT2D eigenvalue weighted by Gasteiger charge is -2.36. The van der Waals surface area contributed by atoms with Crippen LogP contribution in [0, 0.1) is 11.8 Å². The second-order valence-corrected chi connectivity index (χ2v) is 13.4. The Balaban J connectivity index is 0.000000384. The summed E-state index contributed by atoms with van der Waals surface area (Å²) >= 11 is 0. The van der Waals surface area contributed by atoms with Gasteiger partial charge in [0.1, 0.15) is 12.1 Å². The molecule has 2 aromatic rings. The molecule has 0 spiro atoms. The van der Waals surface area contributed by atoms with Crippen LogP contribution in [-0.2, 0) is 23.6 Å². The van der Waals surface area contributed by atoms with E-state index in [-0.39, 0.29) is 36.7 Å². The fourth-order valence-corrected chi connectivity index (χ4v) is 5.20. The number of esters is 1. The van der Waals surface area contributed by atoms with Gasteiger partial charge in [-0.1, -0.05) is 74.5 Å². The van der Waals surface area contributed by atoms with Crippen molar-refractivity contribution in [3.8, 4) is 0 Å². The van der Waals surface area contributed by atoms with E-state index in [9.17, 15) is 24.3 Å². The molecule has 2 aliphatic heterocycles. The van der Waals surface area contributed by atoms with Crippen LogP contribution < -0.4 is 0 Å². The number of hydrogen-bond acceptors (Lipinski definition) is 9. The first kappa shape index (κ1) is 40.4. The third-order valence-corrected chi connectivity index (χ3v) is 7.59. The highest BCUT2D eigenvalue weighted by molar-refractivity contribution is 8.26. The summed E-state index contributed by atoms with van der Waals surface area (Å²) in [5.41, 5.74) is 1.33. The van der Waals surface area contributed by atoms with E-state index in [1.807, 2.05) is 53.4 Å². The van der Waals surface area contributed by atoms with Crippen molar-refractivity contribution in [2.75, 3.05) is 40.4 Å². The molecule has 0 unspecified atom stereocenters. The fourth-order valence-electron chi connectivity index (χ4n) is 5.20. The number of carboxylic acid groups (broad SMARTS) is 1. The van der Waals surface area contributed by atoms with Gasteiger partial charge in [-0.15, -0.1) is 0 Å². The van der Waals surface area contributed by atoms with Crippen LogP contribution in [0.4, 0.5) is 0 Å². The smallest absolute Gasteiger partial charge is 0.323 e. The molecule has 2 saturated heterocycles. The predicted octanol–water partition coefficient (Wildman–Crippen LogP) is 4.85. The highest BCUT2D eigenvalue weighted by atomic mass is 36.0. The van der Waals surface area contributed by atoms with Crippen LogP contribution in [-0.4, -0.2) is 100 Å². The summed E-state index contributed by atoms with van der Waals surface area (Å²) in [7, 11) is 9.76. The van der Waals surface area contributed by atoms with Gasteiger partial charge in [0.2, 0.25) is 9.23 Å². The Hall–Kier alpha value is -2.67. The molecule has 0 aromatic heterocycles. The van der Waals surface area contributed by atoms with E-state index < -0.39 is 21.2 Å². The fraction of sp³-hybridized carbons (Fsp3) is 0.500. The van der Waals surface area contributed by atoms with E-state index in [1.54, 1.807) is 17.0 Å². The number of carbonyl (C=O) groups excluding carboxylic acids is 3. The van der Waals surface area contributed by atoms with Crippen molar-refractivity contribution < 1.29 is 38.3 Å². The number of piperidine rings is 2. The normalized spacial score (nSPS) is 21.4. The lowest BCUT2D eigenvalue weighted by atomic mass is 9.92. The molecule has 2 heterocycles. The van der Waals surface area contributed by atoms with Gasteiger partial charge in [0.15, 0.2) is 11.6 Å². The molecule has 0 amide bonds. The number of Topliss-reactive ketones (excluding diaryl/α,β-unsaturated/α-hetero) is 2. The van der Waals surface area contributed by atoms with Crippen LogP contribution in [0.1, 0.15) is 60.2 Å². The predicted molar refractivity (Wildman–Crippen MR) is 177 cm³/mol. The van der Waals surface area contributed by atoms with Crippen molar-refractivity contribution >= 4 is 54.1 Å². The first-order valence-corrected chi connectivity index (χ1v) is 17.4. The Morgan fingerprint density at radius 1 is 0.778 bits per heavy atom. The topological polar surface area (TPSA) is 142 Å². The largest absolute Gasteiger partial charge is 0.480 e. The van der Waals surface area contributed by atoms with Crippen LogP contribution in [0.5, 0.6) is 0 Å². The minimum Gasteiger partial charge on any atom is -0.480 e. The molecule has 4 atom stereocenters. The average molecular weight is 688 g/mol. The van der Waals surface area contributed by atoms with E-state index in [4.69, 9.17) is 14.1 Å². The third kappa shape index (κ3) is 15.0. The molecule has 4 rings (SSSR count). The molecule has 2 fully saturated rings. The van der Waals surface area contributed by atoms with Gasteiger partial charge in [0.25, 0.3) is 0 Å². The Bertz CT molecular complexity index is 1220. The summed E-state index contributed by atoms with van der Waals surface area (Å²) < 4.78 is 14.0. The van der Waals surface area contributed by atoms with Gasteiger partial charge >= 0.3 is 11.9 Å². The highest BCUT2D eigenvalue weighted by Gasteiger charge is 2.34. The quantitative estimate of drug-likeness (QED) is 0.225. The molecule has 13 heteroatoms. The van der Waals surface area contributed by atoms with Crippen LogP contribution in [0.15, 0.2) is 60.7 Å². The monoisotopic (exact) mass is 686 g/mol. The van der Waals surface area contributed by atoms with Crippen molar-refractivity contribution in [2.45, 2.75) is 51.6 Å². The maximum atomic E-state index is 12.3. The highest BCUT2D eigenvalue weighted by Crippen LogP contribution is 2.24. The Morgan fingerprint density at radius 3 is 1.49 bits per heavy atom. The minimum atomic E-state index is -1.67. The Morgan fingerprint density at radius 2 is 1.13 bits per heavy atom. The molecule has 2 aromatic carbocycles. The second-order valence-electron chi connectivity index (χ2n) is 10.9. The summed E-state index contributed by atoms with van der Waals surface area (Å²) in [6.07, 6.45) is 3.34. The number of nitrogens with zero attached hydrogens (tertiary/aromatic N) is 2. The summed E-state index contributed by atoms with van der Waals surface area (Å²) in [6.45, 7) is 6.10. The van der Waals surface area contributed by atoms with Crippen LogP contribution >= 0.6 is 21.4 Å². The average Bonchev–Trinajstić information content (AvgIpc) is 3.04. The number of likely N-dealkylation sites (tertiary alicyclic amines) is 2. The molecule has 0 aliphatic carbocycles. The summed E-state index contributed by atoms with van der Waals surface area (Å²) in [5.74, 6) is -0.133. The van der Waals surface area contributed by atoms with Gasteiger partial charge < -0.3 is 14.9 Å². The maximum Gasteiger partial charge on any atom is 0.323 e. The van der Waals surface area contributed by atoms with Gasteiger partial charge in [-0.05, 0) is 50.6 Å². The molecule has 2 aliphatic rings. The summed E-state index contributed by atoms with van der Waals surface area (Å²) in [4.78, 5) is 51.3. The first-order chi connectivity index (χ1) is 21.4. The van der Waals surface area contributed by atoms with Crippen molar-refractivity contribution in [1.29, 1.82) is 0 Å². The summed E-state index contributed by atoms with van der Waals surface area (Å²) in [6, 6.07) is 17.4. The molecule has 10 nitrogen and oxygen atoms in total. The van der Waals surface area contributed by atoms with Crippen molar-refractivity contribution in [3.05, 3.63) is 71.8 Å². The van der Waals surface area contributed by atoms with Crippen LogP contribution in [0.3, 0.4) is 0 Å². The number of ketones is 2. The van der Waals surface area contributed by atoms with Crippen molar-refractivity contribution in [3.63, 3.8) is 0 Å². The molecule has 0 saturated carbocycles. The van der Waals surface area contributed by atoms with Gasteiger partial charge in [-0.3, -0.25) is 29.0 Å². The zero-order valence-corrected chi connectivity index (χ0v) is 28.5. The number of benzene rings is 2. The summed E-state index contributed by atoms with van der Waals surface area (Å²) in [5, 5.41) is 16.3. The lowest BCUT2D eigenvalue weighted by molar-refractivity contribution is -0.148. The van der Waals surface area contributed by atoms with Gasteiger partial charge in [0.05, 0.1) is 20.2 Å². The number of halogens is 2. The van der Waals surface area contributed by atoms with E-state index in [1.165, 1.54) is 7.11 Å². The number of carboxylic acids is 1. The molecular formula is C32H44Cl2N2O8S. The van der Waals surface area contributed by atoms with Crippen LogP contribution in [0.25, 0.3) is 0 Å². The molecular weight excluding hydrogens is 643 g/mol. The molecule has 0 bridgehead atoms. The first-order valence-electron chi connectivity index (χ1n) is 14.6. The minimum absolute atomic E-state index is 0.0126. The number of aliphatic hydroxyl groups is 1. The van der Waals surface area contributed by atoms with E-state index >= 15 is 0 Å². The Kier molecular flexibility index (Phi) is 19.7. The standard InChI is InChI=1S/C16H21NO3.C15H19NO3.CH4O.Cl2OS/c1-12-8-9-17(14(10-12)16(19)20-2)11-15(18)13-6-4-3-5-7-13;1-11-7-8-16(13(9-11)15(18)19)10-14(17)12-5-3-2-4-6-12;1-2;1-4(2)3/h3-7,12,14H,8-11H2,1-2H3;2-6,11,13H,7-10H2,1H3,(H,18,19);2H,1H3;/t12-,14+;11-,13+;;/m11../s1. The van der Waals surface area contributed by atoms with Crippen LogP contribution in [0.2, 0.25) is 0 Å². The van der Waals surface area contributed by atoms with Gasteiger partial charge in [0, 0.05) is 39.6 Å². The number of rotatable bonds is 8. The molecule has 45 heavy (non-hydrogen) atoms. The molecule has 0 radical (unpaired) electrons. The molecule has 2 N–H and O–H groups in total. The number of ether oxygens (including phenoxy) is 1. The van der Waals surface area contributed by atoms with Gasteiger partial charge in [-0.25, -0.2) is 4.21 Å². The van der Waals surface area contributed by atoms with E-state index in [0.717, 1.165) is 32.9 Å². The zero-order valence-electron chi connectivity index (χ0n) is 26.1. The second kappa shape index (κ2) is 22.0. The Labute approximate surface area is 277 Å². The van der Waals surface area contributed by atoms with E-state index in [2.05, 4.69) is 35.2 Å². The SMILES string of the molecule is CO.COC(=O)[C@@H]1C[C@H](C)CCN1CC(=O)c1ccccc1.C[C@@H]1CCN(CC(=O)c2ccccc2)[C@H](C(=O)O)C1.O=S(Cl)Cl. The zero-order chi connectivity index (χ0) is 33.9. The number of hydrogen-bond donors (Lipinski definition) is 2. The number of aliphatic hydroxyl groups excluding tert-OH is 1. The van der Waals surface area contributed by atoms with Gasteiger partial charge in [-0.2, -0.15) is 0 Å².